The van der Waals surface area contributed by atoms with Crippen LogP contribution in [0.3, 0.4) is 0 Å². The van der Waals surface area contributed by atoms with Gasteiger partial charge in [0.05, 0.1) is 0 Å². The van der Waals surface area contributed by atoms with Gasteiger partial charge >= 0.3 is 0 Å². The minimum Gasteiger partial charge on any atom is -0.313 e. The van der Waals surface area contributed by atoms with Crippen molar-refractivity contribution in [1.82, 2.24) is 10.2 Å². The molecule has 0 aliphatic carbocycles. The largest absolute Gasteiger partial charge is 0.313 e. The smallest absolute Gasteiger partial charge is 0.0193 e. The van der Waals surface area contributed by atoms with Gasteiger partial charge in [-0.05, 0) is 38.9 Å². The van der Waals surface area contributed by atoms with Gasteiger partial charge in [0.25, 0.3) is 0 Å². The van der Waals surface area contributed by atoms with Crippen LogP contribution in [0.15, 0.2) is 11.6 Å². The molecule has 0 amide bonds. The topological polar surface area (TPSA) is 15.3 Å². The zero-order valence-corrected chi connectivity index (χ0v) is 7.68. The molecule has 0 unspecified atom stereocenters. The molecular formula is C10H18N2. The number of hydrogen-bond donors (Lipinski definition) is 1. The summed E-state index contributed by atoms with van der Waals surface area (Å²) < 4.78 is 0. The molecule has 68 valence electrons. The van der Waals surface area contributed by atoms with Crippen LogP contribution in [0.2, 0.25) is 0 Å². The molecule has 0 atom stereocenters. The van der Waals surface area contributed by atoms with Crippen LogP contribution in [0.1, 0.15) is 19.3 Å². The van der Waals surface area contributed by atoms with Crippen LogP contribution in [0.4, 0.5) is 0 Å². The van der Waals surface area contributed by atoms with Crippen molar-refractivity contribution in [3.05, 3.63) is 11.6 Å². The van der Waals surface area contributed by atoms with Crippen LogP contribution in [0.5, 0.6) is 0 Å². The van der Waals surface area contributed by atoms with Crippen molar-refractivity contribution in [2.75, 3.05) is 32.7 Å². The van der Waals surface area contributed by atoms with Crippen molar-refractivity contribution in [2.45, 2.75) is 19.3 Å². The predicted octanol–water partition coefficient (Wildman–Crippen LogP) is 1.00. The summed E-state index contributed by atoms with van der Waals surface area (Å²) >= 11 is 0. The van der Waals surface area contributed by atoms with E-state index in [2.05, 4.69) is 16.3 Å². The summed E-state index contributed by atoms with van der Waals surface area (Å²) in [5.41, 5.74) is 1.65. The third-order valence-electron chi connectivity index (χ3n) is 2.78. The van der Waals surface area contributed by atoms with E-state index in [0.717, 1.165) is 6.54 Å². The maximum atomic E-state index is 3.34. The summed E-state index contributed by atoms with van der Waals surface area (Å²) in [7, 11) is 0. The van der Waals surface area contributed by atoms with Gasteiger partial charge in [0.2, 0.25) is 0 Å². The van der Waals surface area contributed by atoms with Crippen molar-refractivity contribution >= 4 is 0 Å². The minimum absolute atomic E-state index is 1.09. The van der Waals surface area contributed by atoms with E-state index in [1.54, 1.807) is 5.57 Å². The number of hydrogen-bond acceptors (Lipinski definition) is 2. The van der Waals surface area contributed by atoms with Gasteiger partial charge in [0, 0.05) is 13.1 Å². The summed E-state index contributed by atoms with van der Waals surface area (Å²) in [5.74, 6) is 0. The van der Waals surface area contributed by atoms with Crippen molar-refractivity contribution < 1.29 is 0 Å². The Morgan fingerprint density at radius 1 is 1.33 bits per heavy atom. The molecule has 2 nitrogen and oxygen atoms in total. The average Bonchev–Trinajstić information content (AvgIpc) is 2.59. The highest BCUT2D eigenvalue weighted by Gasteiger charge is 2.13. The first-order valence-corrected chi connectivity index (χ1v) is 5.06. The number of likely N-dealkylation sites (tertiary alicyclic amines) is 1. The second-order valence-corrected chi connectivity index (χ2v) is 3.80. The standard InChI is InChI=1S/C10H18N2/c1-2-8-12(7-1)9-10-3-5-11-6-4-10/h3,11H,1-2,4-9H2. The molecule has 1 N–H and O–H groups in total. The Kier molecular flexibility index (Phi) is 2.79. The highest BCUT2D eigenvalue weighted by molar-refractivity contribution is 5.09. The molecule has 0 saturated carbocycles. The van der Waals surface area contributed by atoms with Gasteiger partial charge in [0.1, 0.15) is 0 Å². The highest BCUT2D eigenvalue weighted by atomic mass is 15.1. The Bertz CT molecular complexity index is 169. The summed E-state index contributed by atoms with van der Waals surface area (Å²) in [6.45, 7) is 6.15. The maximum absolute atomic E-state index is 3.34. The van der Waals surface area contributed by atoms with Gasteiger partial charge in [-0.3, -0.25) is 4.90 Å². The molecular weight excluding hydrogens is 148 g/mol. The number of rotatable bonds is 2. The summed E-state index contributed by atoms with van der Waals surface area (Å²) in [6.07, 6.45) is 6.44. The summed E-state index contributed by atoms with van der Waals surface area (Å²) in [5, 5.41) is 3.34. The molecule has 1 fully saturated rings. The lowest BCUT2D eigenvalue weighted by atomic mass is 10.1. The Balaban J connectivity index is 1.80. The maximum Gasteiger partial charge on any atom is 0.0193 e. The van der Waals surface area contributed by atoms with Crippen LogP contribution in [-0.4, -0.2) is 37.6 Å². The van der Waals surface area contributed by atoms with Crippen molar-refractivity contribution in [1.29, 1.82) is 0 Å². The normalized spacial score (nSPS) is 25.8. The van der Waals surface area contributed by atoms with E-state index in [1.807, 2.05) is 0 Å². The minimum atomic E-state index is 1.09. The van der Waals surface area contributed by atoms with Gasteiger partial charge < -0.3 is 5.32 Å². The lowest BCUT2D eigenvalue weighted by Gasteiger charge is -2.20. The first kappa shape index (κ1) is 8.27. The molecule has 0 bridgehead atoms. The van der Waals surface area contributed by atoms with Gasteiger partial charge in [-0.25, -0.2) is 0 Å². The monoisotopic (exact) mass is 166 g/mol. The molecule has 2 aliphatic heterocycles. The SMILES string of the molecule is C1=C(CN2CCCC2)CCNC1. The van der Waals surface area contributed by atoms with Crippen LogP contribution in [0, 0.1) is 0 Å². The molecule has 0 aromatic carbocycles. The molecule has 0 aromatic rings. The summed E-state index contributed by atoms with van der Waals surface area (Å²) in [6, 6.07) is 0. The lowest BCUT2D eigenvalue weighted by molar-refractivity contribution is 0.362. The third-order valence-corrected chi connectivity index (χ3v) is 2.78. The van der Waals surface area contributed by atoms with Crippen molar-refractivity contribution in [3.8, 4) is 0 Å². The van der Waals surface area contributed by atoms with E-state index in [0.29, 0.717) is 0 Å². The molecule has 0 aromatic heterocycles. The third kappa shape index (κ3) is 2.08. The first-order chi connectivity index (χ1) is 5.95. The van der Waals surface area contributed by atoms with Gasteiger partial charge in [-0.15, -0.1) is 0 Å². The van der Waals surface area contributed by atoms with E-state index in [1.165, 1.54) is 45.4 Å². The first-order valence-electron chi connectivity index (χ1n) is 5.06. The Morgan fingerprint density at radius 3 is 2.83 bits per heavy atom. The number of nitrogens with zero attached hydrogens (tertiary/aromatic N) is 1. The van der Waals surface area contributed by atoms with Gasteiger partial charge in [0.15, 0.2) is 0 Å². The molecule has 0 radical (unpaired) electrons. The van der Waals surface area contributed by atoms with Gasteiger partial charge in [-0.2, -0.15) is 0 Å². The van der Waals surface area contributed by atoms with Crippen LogP contribution >= 0.6 is 0 Å². The van der Waals surface area contributed by atoms with E-state index in [4.69, 9.17) is 0 Å². The quantitative estimate of drug-likeness (QED) is 0.616. The van der Waals surface area contributed by atoms with Crippen LogP contribution < -0.4 is 5.32 Å². The van der Waals surface area contributed by atoms with E-state index < -0.39 is 0 Å². The molecule has 2 aliphatic rings. The zero-order valence-electron chi connectivity index (χ0n) is 7.68. The second-order valence-electron chi connectivity index (χ2n) is 3.80. The van der Waals surface area contributed by atoms with Crippen molar-refractivity contribution in [3.63, 3.8) is 0 Å². The van der Waals surface area contributed by atoms with E-state index in [9.17, 15) is 0 Å². The fraction of sp³-hybridized carbons (Fsp3) is 0.800. The average molecular weight is 166 g/mol. The Labute approximate surface area is 74.6 Å². The summed E-state index contributed by atoms with van der Waals surface area (Å²) in [4.78, 5) is 2.58. The molecule has 2 rings (SSSR count). The predicted molar refractivity (Wildman–Crippen MR) is 51.2 cm³/mol. The van der Waals surface area contributed by atoms with Gasteiger partial charge in [-0.1, -0.05) is 11.6 Å². The lowest BCUT2D eigenvalue weighted by Crippen LogP contribution is -2.27. The molecule has 1 saturated heterocycles. The Morgan fingerprint density at radius 2 is 2.17 bits per heavy atom. The molecule has 0 spiro atoms. The molecule has 12 heavy (non-hydrogen) atoms. The van der Waals surface area contributed by atoms with Crippen LogP contribution in [0.25, 0.3) is 0 Å². The second kappa shape index (κ2) is 4.06. The molecule has 2 heteroatoms. The fourth-order valence-corrected chi connectivity index (χ4v) is 2.04. The van der Waals surface area contributed by atoms with E-state index in [-0.39, 0.29) is 0 Å². The highest BCUT2D eigenvalue weighted by Crippen LogP contribution is 2.12. The Hall–Kier alpha value is -0.340. The van der Waals surface area contributed by atoms with Crippen molar-refractivity contribution in [2.24, 2.45) is 0 Å². The van der Waals surface area contributed by atoms with Crippen LogP contribution in [-0.2, 0) is 0 Å². The fourth-order valence-electron chi connectivity index (χ4n) is 2.04. The van der Waals surface area contributed by atoms with E-state index >= 15 is 0 Å². The number of nitrogens with one attached hydrogen (secondary N) is 1. The zero-order chi connectivity index (χ0) is 8.23. The molecule has 2 heterocycles.